The maximum absolute atomic E-state index is 13.8. The Morgan fingerprint density at radius 1 is 1.03 bits per heavy atom. The first kappa shape index (κ1) is 28.0. The molecule has 0 bridgehead atoms. The van der Waals surface area contributed by atoms with E-state index in [2.05, 4.69) is 26.5 Å². The Morgan fingerprint density at radius 2 is 1.71 bits per heavy atom. The number of rotatable bonds is 8. The normalized spacial score (nSPS) is 34.6. The van der Waals surface area contributed by atoms with E-state index in [1.54, 1.807) is 0 Å². The third kappa shape index (κ3) is 8.82. The van der Waals surface area contributed by atoms with Crippen molar-refractivity contribution < 1.29 is 31.5 Å². The lowest BCUT2D eigenvalue weighted by Crippen LogP contribution is -2.52. The lowest BCUT2D eigenvalue weighted by Gasteiger charge is -2.31. The molecule has 2 aliphatic carbocycles. The summed E-state index contributed by atoms with van der Waals surface area (Å²) in [5.41, 5.74) is 6.16. The van der Waals surface area contributed by atoms with Crippen LogP contribution in [-0.2, 0) is 9.53 Å². The first-order valence-electron chi connectivity index (χ1n) is 12.7. The predicted octanol–water partition coefficient (Wildman–Crippen LogP) is 3.51. The van der Waals surface area contributed by atoms with Crippen molar-refractivity contribution in [3.05, 3.63) is 0 Å². The van der Waals surface area contributed by atoms with Gasteiger partial charge in [-0.25, -0.2) is 14.2 Å². The fourth-order valence-corrected chi connectivity index (χ4v) is 5.23. The van der Waals surface area contributed by atoms with Crippen LogP contribution in [0.2, 0.25) is 0 Å². The van der Waals surface area contributed by atoms with Crippen LogP contribution < -0.4 is 21.5 Å². The largest absolute Gasteiger partial charge is 0.391 e. The number of aliphatic imine (C=N–C) groups is 1. The number of hydrazine groups is 1. The fraction of sp³-hybridized carbons (Fsp3) is 0.913. The van der Waals surface area contributed by atoms with Crippen LogP contribution in [0.4, 0.5) is 22.0 Å². The van der Waals surface area contributed by atoms with Crippen LogP contribution in [-0.4, -0.2) is 62.4 Å². The summed E-state index contributed by atoms with van der Waals surface area (Å²) in [5, 5.41) is 5.89. The van der Waals surface area contributed by atoms with E-state index in [4.69, 9.17) is 4.74 Å². The lowest BCUT2D eigenvalue weighted by molar-refractivity contribution is -0.184. The SMILES string of the molecule is CCOCCCN=C(NC(=O)C1CCC(C(F)(F)F)CC1)NC1CC(C2CC(F)CC(F)C2)NN1. The zero-order chi connectivity index (χ0) is 25.4. The summed E-state index contributed by atoms with van der Waals surface area (Å²) in [7, 11) is 0. The Hall–Kier alpha value is -1.53. The molecule has 4 atom stereocenters. The fourth-order valence-electron chi connectivity index (χ4n) is 5.23. The minimum atomic E-state index is -4.23. The highest BCUT2D eigenvalue weighted by molar-refractivity contribution is 5.98. The number of amides is 1. The van der Waals surface area contributed by atoms with Crippen molar-refractivity contribution in [1.82, 2.24) is 21.5 Å². The van der Waals surface area contributed by atoms with Crippen molar-refractivity contribution in [3.8, 4) is 0 Å². The molecule has 1 heterocycles. The third-order valence-corrected chi connectivity index (χ3v) is 7.16. The van der Waals surface area contributed by atoms with E-state index in [0.29, 0.717) is 45.4 Å². The summed E-state index contributed by atoms with van der Waals surface area (Å²) in [4.78, 5) is 17.2. The van der Waals surface area contributed by atoms with E-state index in [1.165, 1.54) is 0 Å². The second-order valence-electron chi connectivity index (χ2n) is 9.85. The van der Waals surface area contributed by atoms with E-state index in [0.717, 1.165) is 0 Å². The van der Waals surface area contributed by atoms with Gasteiger partial charge in [0.05, 0.1) is 12.1 Å². The van der Waals surface area contributed by atoms with E-state index < -0.39 is 30.4 Å². The maximum Gasteiger partial charge on any atom is 0.391 e. The number of nitrogens with zero attached hydrogens (tertiary/aromatic N) is 1. The molecule has 1 aliphatic heterocycles. The molecule has 0 aromatic rings. The molecule has 1 amide bonds. The monoisotopic (exact) mass is 511 g/mol. The van der Waals surface area contributed by atoms with Gasteiger partial charge in [0.2, 0.25) is 5.91 Å². The predicted molar refractivity (Wildman–Crippen MR) is 122 cm³/mol. The highest BCUT2D eigenvalue weighted by atomic mass is 19.4. The van der Waals surface area contributed by atoms with Gasteiger partial charge < -0.3 is 10.1 Å². The van der Waals surface area contributed by atoms with Gasteiger partial charge in [-0.3, -0.25) is 20.5 Å². The first-order chi connectivity index (χ1) is 16.7. The molecule has 4 N–H and O–H groups in total. The molecule has 202 valence electrons. The Morgan fingerprint density at radius 3 is 2.34 bits per heavy atom. The molecule has 0 aromatic carbocycles. The molecular formula is C23H38F5N5O2. The van der Waals surface area contributed by atoms with Crippen molar-refractivity contribution in [2.75, 3.05) is 19.8 Å². The van der Waals surface area contributed by atoms with Gasteiger partial charge in [-0.2, -0.15) is 13.2 Å². The average molecular weight is 512 g/mol. The molecule has 0 radical (unpaired) electrons. The van der Waals surface area contributed by atoms with Gasteiger partial charge in [-0.1, -0.05) is 0 Å². The Kier molecular flexibility index (Phi) is 10.5. The number of alkyl halides is 5. The Balaban J connectivity index is 1.54. The average Bonchev–Trinajstić information content (AvgIpc) is 3.26. The lowest BCUT2D eigenvalue weighted by atomic mass is 9.81. The van der Waals surface area contributed by atoms with Crippen molar-refractivity contribution in [1.29, 1.82) is 0 Å². The summed E-state index contributed by atoms with van der Waals surface area (Å²) in [6, 6.07) is -0.128. The summed E-state index contributed by atoms with van der Waals surface area (Å²) in [6.07, 6.45) is -4.86. The standard InChI is InChI=1S/C23H38F5N5O2/c1-2-35-9-3-8-29-22(31-21(34)14-4-6-16(7-5-14)23(26,27)28)30-20-13-19(32-33-20)15-10-17(24)12-18(25)11-15/h14-20,32-33H,2-13H2,1H3,(H2,29,30,31,34). The van der Waals surface area contributed by atoms with Crippen molar-refractivity contribution in [2.24, 2.45) is 22.7 Å². The van der Waals surface area contributed by atoms with Crippen LogP contribution in [0.15, 0.2) is 4.99 Å². The number of guanidine groups is 1. The number of ether oxygens (including phenoxy) is 1. The highest BCUT2D eigenvalue weighted by Gasteiger charge is 2.43. The summed E-state index contributed by atoms with van der Waals surface area (Å²) < 4.78 is 71.8. The third-order valence-electron chi connectivity index (χ3n) is 7.16. The van der Waals surface area contributed by atoms with Crippen LogP contribution in [0.5, 0.6) is 0 Å². The van der Waals surface area contributed by atoms with E-state index >= 15 is 0 Å². The molecular weight excluding hydrogens is 473 g/mol. The molecule has 2 saturated carbocycles. The Bertz CT molecular complexity index is 692. The van der Waals surface area contributed by atoms with Gasteiger partial charge in [0.15, 0.2) is 5.96 Å². The molecule has 0 spiro atoms. The number of hydrogen-bond donors (Lipinski definition) is 4. The van der Waals surface area contributed by atoms with Gasteiger partial charge >= 0.3 is 6.18 Å². The van der Waals surface area contributed by atoms with Crippen LogP contribution in [0.3, 0.4) is 0 Å². The topological polar surface area (TPSA) is 86.8 Å². The minimum Gasteiger partial charge on any atom is -0.382 e. The van der Waals surface area contributed by atoms with Crippen molar-refractivity contribution in [2.45, 2.75) is 95.4 Å². The Labute approximate surface area is 203 Å². The summed E-state index contributed by atoms with van der Waals surface area (Å²) in [6.45, 7) is 3.39. The van der Waals surface area contributed by atoms with Crippen LogP contribution in [0.25, 0.3) is 0 Å². The van der Waals surface area contributed by atoms with Crippen LogP contribution >= 0.6 is 0 Å². The number of hydrogen-bond acceptors (Lipinski definition) is 5. The molecule has 7 nitrogen and oxygen atoms in total. The van der Waals surface area contributed by atoms with Crippen LogP contribution in [0.1, 0.15) is 64.7 Å². The molecule has 1 saturated heterocycles. The zero-order valence-electron chi connectivity index (χ0n) is 20.2. The van der Waals surface area contributed by atoms with E-state index in [-0.39, 0.29) is 62.1 Å². The summed E-state index contributed by atoms with van der Waals surface area (Å²) in [5.74, 6) is -2.11. The molecule has 3 aliphatic rings. The number of nitrogens with one attached hydrogen (secondary N) is 4. The van der Waals surface area contributed by atoms with Crippen molar-refractivity contribution in [3.63, 3.8) is 0 Å². The summed E-state index contributed by atoms with van der Waals surface area (Å²) >= 11 is 0. The minimum absolute atomic E-state index is 0.0478. The second kappa shape index (κ2) is 13.1. The van der Waals surface area contributed by atoms with E-state index in [1.807, 2.05) is 6.92 Å². The van der Waals surface area contributed by atoms with E-state index in [9.17, 15) is 26.7 Å². The quantitative estimate of drug-likeness (QED) is 0.173. The van der Waals surface area contributed by atoms with Crippen molar-refractivity contribution >= 4 is 11.9 Å². The molecule has 4 unspecified atom stereocenters. The van der Waals surface area contributed by atoms with Gasteiger partial charge in [0.25, 0.3) is 0 Å². The number of carbonyl (C=O) groups excluding carboxylic acids is 1. The maximum atomic E-state index is 13.8. The molecule has 3 fully saturated rings. The second-order valence-corrected chi connectivity index (χ2v) is 9.85. The van der Waals surface area contributed by atoms with Gasteiger partial charge in [0.1, 0.15) is 12.3 Å². The van der Waals surface area contributed by atoms with Gasteiger partial charge in [-0.15, -0.1) is 0 Å². The van der Waals surface area contributed by atoms with Gasteiger partial charge in [0, 0.05) is 38.1 Å². The number of halogens is 5. The molecule has 3 rings (SSSR count). The molecule has 35 heavy (non-hydrogen) atoms. The van der Waals surface area contributed by atoms with Gasteiger partial charge in [-0.05, 0) is 64.2 Å². The molecule has 0 aromatic heterocycles. The zero-order valence-corrected chi connectivity index (χ0v) is 20.2. The molecule has 12 heteroatoms. The van der Waals surface area contributed by atoms with Crippen LogP contribution in [0, 0.1) is 17.8 Å². The highest BCUT2D eigenvalue weighted by Crippen LogP contribution is 2.39. The number of carbonyl (C=O) groups is 1. The first-order valence-corrected chi connectivity index (χ1v) is 12.7. The smallest absolute Gasteiger partial charge is 0.382 e.